The van der Waals surface area contributed by atoms with E-state index in [1.807, 2.05) is 18.2 Å². The van der Waals surface area contributed by atoms with Crippen molar-refractivity contribution in [3.05, 3.63) is 42.5 Å². The lowest BCUT2D eigenvalue weighted by Gasteiger charge is -2.09. The van der Waals surface area contributed by atoms with Crippen LogP contribution in [0.5, 0.6) is 0 Å². The number of amides is 1. The number of carbonyl (C=O) groups excluding carboxylic acids is 1. The van der Waals surface area contributed by atoms with Crippen molar-refractivity contribution < 1.29 is 4.79 Å². The molecule has 0 aromatic heterocycles. The van der Waals surface area contributed by atoms with E-state index in [1.165, 1.54) is 4.90 Å². The van der Waals surface area contributed by atoms with Gasteiger partial charge in [0.25, 0.3) is 0 Å². The second-order valence-corrected chi connectivity index (χ2v) is 4.50. The standard InChI is InChI=1S/C12H13NOS/c1-2-7-13-12(14)10-8-15-11-6-4-3-5-9(10)11/h2-6,10H,1,7-8H2,(H,13,14). The molecule has 78 valence electrons. The number of hydrogen-bond acceptors (Lipinski definition) is 2. The van der Waals surface area contributed by atoms with Gasteiger partial charge in [-0.15, -0.1) is 18.3 Å². The Morgan fingerprint density at radius 3 is 3.20 bits per heavy atom. The van der Waals surface area contributed by atoms with Crippen LogP contribution in [-0.4, -0.2) is 18.2 Å². The lowest BCUT2D eigenvalue weighted by atomic mass is 10.0. The Labute approximate surface area is 93.8 Å². The van der Waals surface area contributed by atoms with Gasteiger partial charge in [0.05, 0.1) is 5.92 Å². The van der Waals surface area contributed by atoms with Crippen LogP contribution in [0.2, 0.25) is 0 Å². The molecule has 1 aliphatic rings. The molecule has 2 nitrogen and oxygen atoms in total. The van der Waals surface area contributed by atoms with Gasteiger partial charge in [0.1, 0.15) is 0 Å². The fraction of sp³-hybridized carbons (Fsp3) is 0.250. The van der Waals surface area contributed by atoms with Crippen molar-refractivity contribution >= 4 is 17.7 Å². The van der Waals surface area contributed by atoms with Crippen LogP contribution < -0.4 is 5.32 Å². The van der Waals surface area contributed by atoms with E-state index in [1.54, 1.807) is 17.8 Å². The van der Waals surface area contributed by atoms with Crippen LogP contribution in [0.25, 0.3) is 0 Å². The summed E-state index contributed by atoms with van der Waals surface area (Å²) in [6.45, 7) is 4.13. The minimum absolute atomic E-state index is 0.00569. The molecule has 0 fully saturated rings. The van der Waals surface area contributed by atoms with Gasteiger partial charge in [0.2, 0.25) is 5.91 Å². The molecule has 3 heteroatoms. The Hall–Kier alpha value is -1.22. The number of benzene rings is 1. The van der Waals surface area contributed by atoms with Crippen LogP contribution in [0.1, 0.15) is 11.5 Å². The molecule has 0 saturated carbocycles. The second kappa shape index (κ2) is 4.53. The molecule has 1 aromatic rings. The van der Waals surface area contributed by atoms with Gasteiger partial charge in [-0.3, -0.25) is 4.79 Å². The predicted octanol–water partition coefficient (Wildman–Crippen LogP) is 2.18. The number of carbonyl (C=O) groups is 1. The normalized spacial score (nSPS) is 18.3. The van der Waals surface area contributed by atoms with Crippen molar-refractivity contribution in [2.45, 2.75) is 10.8 Å². The maximum absolute atomic E-state index is 11.8. The van der Waals surface area contributed by atoms with Crippen molar-refractivity contribution in [3.63, 3.8) is 0 Å². The zero-order valence-corrected chi connectivity index (χ0v) is 9.22. The summed E-state index contributed by atoms with van der Waals surface area (Å²) in [5.41, 5.74) is 1.16. The Kier molecular flexibility index (Phi) is 3.11. The van der Waals surface area contributed by atoms with Crippen molar-refractivity contribution in [2.75, 3.05) is 12.3 Å². The van der Waals surface area contributed by atoms with E-state index >= 15 is 0 Å². The van der Waals surface area contributed by atoms with E-state index in [-0.39, 0.29) is 11.8 Å². The largest absolute Gasteiger partial charge is 0.352 e. The van der Waals surface area contributed by atoms with E-state index in [9.17, 15) is 4.79 Å². The summed E-state index contributed by atoms with van der Waals surface area (Å²) < 4.78 is 0. The SMILES string of the molecule is C=CCNC(=O)C1CSc2ccccc21. The second-order valence-electron chi connectivity index (χ2n) is 3.44. The molecule has 1 amide bonds. The van der Waals surface area contributed by atoms with Crippen molar-refractivity contribution in [1.82, 2.24) is 5.32 Å². The lowest BCUT2D eigenvalue weighted by molar-refractivity contribution is -0.121. The van der Waals surface area contributed by atoms with E-state index in [4.69, 9.17) is 0 Å². The Morgan fingerprint density at radius 2 is 2.40 bits per heavy atom. The predicted molar refractivity (Wildman–Crippen MR) is 63.1 cm³/mol. The number of fused-ring (bicyclic) bond motifs is 1. The lowest BCUT2D eigenvalue weighted by Crippen LogP contribution is -2.29. The third-order valence-electron chi connectivity index (χ3n) is 2.44. The van der Waals surface area contributed by atoms with E-state index < -0.39 is 0 Å². The van der Waals surface area contributed by atoms with Gasteiger partial charge in [0, 0.05) is 17.2 Å². The summed E-state index contributed by atoms with van der Waals surface area (Å²) in [5.74, 6) is 0.959. The average Bonchev–Trinajstić information content (AvgIpc) is 2.69. The van der Waals surface area contributed by atoms with Gasteiger partial charge in [0.15, 0.2) is 0 Å². The Balaban J connectivity index is 2.13. The minimum atomic E-state index is 0.00569. The molecule has 0 radical (unpaired) electrons. The Morgan fingerprint density at radius 1 is 1.60 bits per heavy atom. The van der Waals surface area contributed by atoms with Crippen LogP contribution >= 0.6 is 11.8 Å². The highest BCUT2D eigenvalue weighted by molar-refractivity contribution is 7.99. The van der Waals surface area contributed by atoms with Crippen molar-refractivity contribution in [2.24, 2.45) is 0 Å². The quantitative estimate of drug-likeness (QED) is 0.789. The molecule has 1 N–H and O–H groups in total. The third kappa shape index (κ3) is 2.07. The minimum Gasteiger partial charge on any atom is -0.352 e. The van der Waals surface area contributed by atoms with Crippen LogP contribution in [0.15, 0.2) is 41.8 Å². The molecule has 15 heavy (non-hydrogen) atoms. The van der Waals surface area contributed by atoms with Crippen LogP contribution in [-0.2, 0) is 4.79 Å². The molecule has 1 aromatic carbocycles. The van der Waals surface area contributed by atoms with Crippen molar-refractivity contribution in [3.8, 4) is 0 Å². The molecule has 0 bridgehead atoms. The highest BCUT2D eigenvalue weighted by Gasteiger charge is 2.28. The molecule has 0 aliphatic carbocycles. The fourth-order valence-corrected chi connectivity index (χ4v) is 2.90. The van der Waals surface area contributed by atoms with Gasteiger partial charge in [-0.25, -0.2) is 0 Å². The van der Waals surface area contributed by atoms with Gasteiger partial charge in [-0.2, -0.15) is 0 Å². The highest BCUT2D eigenvalue weighted by Crippen LogP contribution is 2.39. The molecule has 1 heterocycles. The summed E-state index contributed by atoms with van der Waals surface area (Å²) in [4.78, 5) is 13.0. The van der Waals surface area contributed by atoms with Crippen LogP contribution in [0, 0.1) is 0 Å². The average molecular weight is 219 g/mol. The van der Waals surface area contributed by atoms with Gasteiger partial charge in [-0.05, 0) is 11.6 Å². The zero-order valence-electron chi connectivity index (χ0n) is 8.40. The smallest absolute Gasteiger partial charge is 0.228 e. The summed E-state index contributed by atoms with van der Waals surface area (Å²) in [7, 11) is 0. The first-order valence-electron chi connectivity index (χ1n) is 4.93. The van der Waals surface area contributed by atoms with Gasteiger partial charge in [-0.1, -0.05) is 24.3 Å². The molecular formula is C12H13NOS. The summed E-state index contributed by atoms with van der Waals surface area (Å²) >= 11 is 1.75. The molecule has 1 atom stereocenters. The summed E-state index contributed by atoms with van der Waals surface area (Å²) in [5, 5.41) is 2.84. The zero-order chi connectivity index (χ0) is 10.7. The van der Waals surface area contributed by atoms with Crippen LogP contribution in [0.4, 0.5) is 0 Å². The van der Waals surface area contributed by atoms with E-state index in [0.717, 1.165) is 11.3 Å². The topological polar surface area (TPSA) is 29.1 Å². The highest BCUT2D eigenvalue weighted by atomic mass is 32.2. The molecule has 0 saturated heterocycles. The van der Waals surface area contributed by atoms with E-state index in [2.05, 4.69) is 18.0 Å². The maximum atomic E-state index is 11.8. The first-order valence-corrected chi connectivity index (χ1v) is 5.92. The number of thioether (sulfide) groups is 1. The first kappa shape index (κ1) is 10.3. The van der Waals surface area contributed by atoms with Crippen LogP contribution in [0.3, 0.4) is 0 Å². The Bertz CT molecular complexity index is 389. The van der Waals surface area contributed by atoms with Gasteiger partial charge >= 0.3 is 0 Å². The fourth-order valence-electron chi connectivity index (χ4n) is 1.68. The summed E-state index contributed by atoms with van der Waals surface area (Å²) in [6, 6.07) is 8.10. The molecule has 2 rings (SSSR count). The molecular weight excluding hydrogens is 206 g/mol. The summed E-state index contributed by atoms with van der Waals surface area (Å²) in [6.07, 6.45) is 1.70. The van der Waals surface area contributed by atoms with Crippen molar-refractivity contribution in [1.29, 1.82) is 0 Å². The van der Waals surface area contributed by atoms with Gasteiger partial charge < -0.3 is 5.32 Å². The van der Waals surface area contributed by atoms with E-state index in [0.29, 0.717) is 6.54 Å². The number of hydrogen-bond donors (Lipinski definition) is 1. The first-order chi connectivity index (χ1) is 7.33. The molecule has 0 spiro atoms. The molecule has 1 aliphatic heterocycles. The third-order valence-corrected chi connectivity index (χ3v) is 3.62. The monoisotopic (exact) mass is 219 g/mol. The number of rotatable bonds is 3. The molecule has 1 unspecified atom stereocenters. The maximum Gasteiger partial charge on any atom is 0.228 e. The number of nitrogens with one attached hydrogen (secondary N) is 1.